The zero-order valence-electron chi connectivity index (χ0n) is 10.9. The van der Waals surface area contributed by atoms with Crippen LogP contribution in [-0.4, -0.2) is 28.6 Å². The Morgan fingerprint density at radius 2 is 1.76 bits per heavy atom. The van der Waals surface area contributed by atoms with Gasteiger partial charge in [-0.15, -0.1) is 0 Å². The van der Waals surface area contributed by atoms with Gasteiger partial charge in [0.25, 0.3) is 5.91 Å². The number of rotatable bonds is 4. The number of amides is 1. The fourth-order valence-corrected chi connectivity index (χ4v) is 1.85. The van der Waals surface area contributed by atoms with Crippen LogP contribution in [0.15, 0.2) is 48.5 Å². The molecule has 0 fully saturated rings. The first kappa shape index (κ1) is 14.5. The van der Waals surface area contributed by atoms with Gasteiger partial charge in [-0.1, -0.05) is 18.2 Å². The summed E-state index contributed by atoms with van der Waals surface area (Å²) in [6.45, 7) is -0.598. The lowest BCUT2D eigenvalue weighted by atomic mass is 10.1. The Balaban J connectivity index is 2.43. The van der Waals surface area contributed by atoms with Crippen LogP contribution in [0.4, 0.5) is 10.1 Å². The van der Waals surface area contributed by atoms with Gasteiger partial charge in [-0.05, 0) is 30.3 Å². The molecule has 0 heterocycles. The van der Waals surface area contributed by atoms with Gasteiger partial charge in [-0.2, -0.15) is 0 Å². The number of carboxylic acids is 1. The van der Waals surface area contributed by atoms with Crippen molar-refractivity contribution in [2.45, 2.75) is 0 Å². The predicted molar refractivity (Wildman–Crippen MR) is 73.8 cm³/mol. The van der Waals surface area contributed by atoms with Gasteiger partial charge in [0.15, 0.2) is 0 Å². The third-order valence-corrected chi connectivity index (χ3v) is 2.80. The van der Waals surface area contributed by atoms with Crippen LogP contribution in [0.3, 0.4) is 0 Å². The minimum absolute atomic E-state index is 0.292. The summed E-state index contributed by atoms with van der Waals surface area (Å²) in [4.78, 5) is 24.3. The number of hydrogen-bond donors (Lipinski definition) is 2. The Hall–Kier alpha value is -2.89. The Morgan fingerprint density at radius 3 is 2.38 bits per heavy atom. The van der Waals surface area contributed by atoms with Gasteiger partial charge in [0.05, 0.1) is 5.56 Å². The van der Waals surface area contributed by atoms with E-state index in [1.807, 2.05) is 0 Å². The summed E-state index contributed by atoms with van der Waals surface area (Å²) in [5.74, 6) is -3.11. The Kier molecular flexibility index (Phi) is 4.18. The highest BCUT2D eigenvalue weighted by molar-refractivity contribution is 6.09. The van der Waals surface area contributed by atoms with Crippen LogP contribution in [0.1, 0.15) is 10.4 Å². The normalized spacial score (nSPS) is 10.1. The molecule has 0 atom stereocenters. The maximum atomic E-state index is 13.2. The molecule has 0 aliphatic heterocycles. The van der Waals surface area contributed by atoms with Gasteiger partial charge < -0.3 is 10.2 Å². The zero-order valence-corrected chi connectivity index (χ0v) is 10.9. The summed E-state index contributed by atoms with van der Waals surface area (Å²) >= 11 is 0. The molecule has 0 aromatic heterocycles. The molecule has 2 rings (SSSR count). The van der Waals surface area contributed by atoms with Crippen LogP contribution >= 0.6 is 0 Å². The van der Waals surface area contributed by atoms with Crippen LogP contribution in [0.2, 0.25) is 0 Å². The number of phenolic OH excluding ortho intramolecular Hbond substituents is 1. The van der Waals surface area contributed by atoms with Crippen LogP contribution in [0, 0.1) is 5.82 Å². The summed E-state index contributed by atoms with van der Waals surface area (Å²) < 4.78 is 13.2. The van der Waals surface area contributed by atoms with E-state index in [1.54, 1.807) is 30.3 Å². The minimum atomic E-state index is -1.22. The third kappa shape index (κ3) is 3.36. The summed E-state index contributed by atoms with van der Waals surface area (Å²) in [6.07, 6.45) is 0. The maximum absolute atomic E-state index is 13.2. The number of aromatic hydroxyl groups is 1. The van der Waals surface area contributed by atoms with Gasteiger partial charge in [-0.3, -0.25) is 14.5 Å². The fraction of sp³-hybridized carbons (Fsp3) is 0.0667. The molecule has 108 valence electrons. The number of carboxylic acid groups (broad SMARTS) is 1. The molecule has 1 amide bonds. The molecular formula is C15H12FNO4. The monoisotopic (exact) mass is 289 g/mol. The molecule has 0 aliphatic carbocycles. The van der Waals surface area contributed by atoms with Gasteiger partial charge in [0.1, 0.15) is 18.1 Å². The van der Waals surface area contributed by atoms with E-state index in [1.165, 1.54) is 0 Å². The topological polar surface area (TPSA) is 77.8 Å². The molecule has 0 saturated carbocycles. The van der Waals surface area contributed by atoms with Crippen LogP contribution in [0.5, 0.6) is 5.75 Å². The SMILES string of the molecule is O=C(O)CN(C(=O)c1cc(F)ccc1O)c1ccccc1. The molecule has 6 heteroatoms. The maximum Gasteiger partial charge on any atom is 0.323 e. The standard InChI is InChI=1S/C15H12FNO4/c16-10-6-7-13(18)12(8-10)15(21)17(9-14(19)20)11-4-2-1-3-5-11/h1-8,18H,9H2,(H,19,20). The van der Waals surface area contributed by atoms with Crippen molar-refractivity contribution in [3.63, 3.8) is 0 Å². The van der Waals surface area contributed by atoms with Crippen molar-refractivity contribution in [1.82, 2.24) is 0 Å². The number of aliphatic carboxylic acids is 1. The van der Waals surface area contributed by atoms with Gasteiger partial charge in [-0.25, -0.2) is 4.39 Å². The number of carbonyl (C=O) groups is 2. The second kappa shape index (κ2) is 6.04. The Labute approximate surface area is 119 Å². The van der Waals surface area contributed by atoms with E-state index < -0.39 is 30.0 Å². The van der Waals surface area contributed by atoms with Crippen molar-refractivity contribution in [2.75, 3.05) is 11.4 Å². The van der Waals surface area contributed by atoms with Gasteiger partial charge in [0, 0.05) is 5.69 Å². The number of hydrogen-bond acceptors (Lipinski definition) is 3. The number of benzene rings is 2. The van der Waals surface area contributed by atoms with Crippen LogP contribution < -0.4 is 4.90 Å². The first-order chi connectivity index (χ1) is 9.99. The summed E-state index contributed by atoms with van der Waals surface area (Å²) in [5.41, 5.74) is 0.0497. The highest BCUT2D eigenvalue weighted by Crippen LogP contribution is 2.23. The lowest BCUT2D eigenvalue weighted by molar-refractivity contribution is -0.135. The average molecular weight is 289 g/mol. The van der Waals surface area contributed by atoms with E-state index in [2.05, 4.69) is 0 Å². The Morgan fingerprint density at radius 1 is 1.10 bits per heavy atom. The second-order valence-electron chi connectivity index (χ2n) is 4.28. The van der Waals surface area contributed by atoms with Crippen molar-refractivity contribution >= 4 is 17.6 Å². The molecule has 0 aliphatic rings. The van der Waals surface area contributed by atoms with E-state index in [9.17, 15) is 19.1 Å². The first-order valence-corrected chi connectivity index (χ1v) is 6.06. The average Bonchev–Trinajstić information content (AvgIpc) is 2.47. The van der Waals surface area contributed by atoms with Gasteiger partial charge in [0.2, 0.25) is 0 Å². The summed E-state index contributed by atoms with van der Waals surface area (Å²) in [7, 11) is 0. The second-order valence-corrected chi connectivity index (χ2v) is 4.28. The minimum Gasteiger partial charge on any atom is -0.507 e. The summed E-state index contributed by atoms with van der Waals surface area (Å²) in [6, 6.07) is 11.0. The van der Waals surface area contributed by atoms with E-state index in [0.717, 1.165) is 23.1 Å². The molecular weight excluding hydrogens is 277 g/mol. The highest BCUT2D eigenvalue weighted by atomic mass is 19.1. The van der Waals surface area contributed by atoms with Crippen molar-refractivity contribution in [2.24, 2.45) is 0 Å². The number of para-hydroxylation sites is 1. The molecule has 0 spiro atoms. The predicted octanol–water partition coefficient (Wildman–Crippen LogP) is 2.26. The molecule has 0 saturated heterocycles. The first-order valence-electron chi connectivity index (χ1n) is 6.06. The molecule has 21 heavy (non-hydrogen) atoms. The lowest BCUT2D eigenvalue weighted by Gasteiger charge is -2.21. The number of carbonyl (C=O) groups excluding carboxylic acids is 1. The van der Waals surface area contributed by atoms with Crippen molar-refractivity contribution < 1.29 is 24.2 Å². The smallest absolute Gasteiger partial charge is 0.323 e. The largest absolute Gasteiger partial charge is 0.507 e. The highest BCUT2D eigenvalue weighted by Gasteiger charge is 2.23. The quantitative estimate of drug-likeness (QED) is 0.905. The summed E-state index contributed by atoms with van der Waals surface area (Å²) in [5, 5.41) is 18.6. The van der Waals surface area contributed by atoms with Crippen molar-refractivity contribution in [3.8, 4) is 5.75 Å². The van der Waals surface area contributed by atoms with E-state index in [-0.39, 0.29) is 5.56 Å². The van der Waals surface area contributed by atoms with Crippen LogP contribution in [-0.2, 0) is 4.79 Å². The number of phenols is 1. The molecule has 5 nitrogen and oxygen atoms in total. The van der Waals surface area contributed by atoms with Gasteiger partial charge >= 0.3 is 5.97 Å². The van der Waals surface area contributed by atoms with E-state index in [0.29, 0.717) is 5.69 Å². The zero-order chi connectivity index (χ0) is 15.4. The number of nitrogens with zero attached hydrogens (tertiary/aromatic N) is 1. The molecule has 2 N–H and O–H groups in total. The number of halogens is 1. The molecule has 2 aromatic carbocycles. The Bertz CT molecular complexity index is 673. The van der Waals surface area contributed by atoms with Crippen molar-refractivity contribution in [3.05, 3.63) is 59.9 Å². The molecule has 2 aromatic rings. The van der Waals surface area contributed by atoms with Crippen LogP contribution in [0.25, 0.3) is 0 Å². The lowest BCUT2D eigenvalue weighted by Crippen LogP contribution is -2.35. The fourth-order valence-electron chi connectivity index (χ4n) is 1.85. The van der Waals surface area contributed by atoms with Crippen molar-refractivity contribution in [1.29, 1.82) is 0 Å². The number of anilines is 1. The molecule has 0 unspecified atom stereocenters. The third-order valence-electron chi connectivity index (χ3n) is 2.80. The molecule has 0 bridgehead atoms. The molecule has 0 radical (unpaired) electrons. The van der Waals surface area contributed by atoms with E-state index >= 15 is 0 Å². The van der Waals surface area contributed by atoms with E-state index in [4.69, 9.17) is 5.11 Å².